The normalized spacial score (nSPS) is 24.4. The summed E-state index contributed by atoms with van der Waals surface area (Å²) in [5, 5.41) is 3.44. The first-order chi connectivity index (χ1) is 8.20. The van der Waals surface area contributed by atoms with Crippen molar-refractivity contribution in [3.05, 3.63) is 34.3 Å². The van der Waals surface area contributed by atoms with E-state index in [4.69, 9.17) is 4.74 Å². The molecule has 4 heteroatoms. The van der Waals surface area contributed by atoms with Crippen molar-refractivity contribution in [1.29, 1.82) is 0 Å². The molecule has 1 fully saturated rings. The molecule has 2 unspecified atom stereocenters. The molecule has 0 spiro atoms. The van der Waals surface area contributed by atoms with E-state index in [9.17, 15) is 4.79 Å². The molecular formula is C13H16BrNO2. The lowest BCUT2D eigenvalue weighted by Crippen LogP contribution is -2.35. The SMILES string of the molecule is COC(=O)C1CCNC(c2ccc(Br)cc2)C1. The highest BCUT2D eigenvalue weighted by atomic mass is 79.9. The second-order valence-corrected chi connectivity index (χ2v) is 5.22. The standard InChI is InChI=1S/C13H16BrNO2/c1-17-13(16)10-6-7-15-12(8-10)9-2-4-11(14)5-3-9/h2-5,10,12,15H,6-8H2,1H3. The quantitative estimate of drug-likeness (QED) is 0.853. The molecule has 0 radical (unpaired) electrons. The van der Waals surface area contributed by atoms with Crippen molar-refractivity contribution in [2.75, 3.05) is 13.7 Å². The largest absolute Gasteiger partial charge is 0.469 e. The number of ether oxygens (including phenoxy) is 1. The number of carbonyl (C=O) groups is 1. The highest BCUT2D eigenvalue weighted by Crippen LogP contribution is 2.28. The Bertz CT molecular complexity index is 391. The minimum absolute atomic E-state index is 0.0231. The van der Waals surface area contributed by atoms with Crippen LogP contribution in [-0.2, 0) is 9.53 Å². The molecule has 17 heavy (non-hydrogen) atoms. The lowest BCUT2D eigenvalue weighted by molar-refractivity contribution is -0.146. The average Bonchev–Trinajstić information content (AvgIpc) is 2.39. The average molecular weight is 298 g/mol. The second-order valence-electron chi connectivity index (χ2n) is 4.30. The van der Waals surface area contributed by atoms with Crippen LogP contribution in [0, 0.1) is 5.92 Å². The van der Waals surface area contributed by atoms with Gasteiger partial charge in [-0.05, 0) is 37.1 Å². The number of nitrogens with one attached hydrogen (secondary N) is 1. The van der Waals surface area contributed by atoms with Gasteiger partial charge in [0, 0.05) is 10.5 Å². The van der Waals surface area contributed by atoms with Gasteiger partial charge in [0.2, 0.25) is 0 Å². The Morgan fingerprint density at radius 1 is 1.41 bits per heavy atom. The van der Waals surface area contributed by atoms with Gasteiger partial charge >= 0.3 is 5.97 Å². The Morgan fingerprint density at radius 2 is 2.12 bits per heavy atom. The first-order valence-electron chi connectivity index (χ1n) is 5.77. The van der Waals surface area contributed by atoms with Crippen LogP contribution in [0.25, 0.3) is 0 Å². The zero-order valence-electron chi connectivity index (χ0n) is 9.78. The van der Waals surface area contributed by atoms with E-state index in [1.807, 2.05) is 12.1 Å². The van der Waals surface area contributed by atoms with Crippen molar-refractivity contribution in [3.63, 3.8) is 0 Å². The van der Waals surface area contributed by atoms with Crippen LogP contribution in [0.2, 0.25) is 0 Å². The van der Waals surface area contributed by atoms with Crippen molar-refractivity contribution in [2.24, 2.45) is 5.92 Å². The summed E-state index contributed by atoms with van der Waals surface area (Å²) in [5.41, 5.74) is 1.22. The van der Waals surface area contributed by atoms with Crippen molar-refractivity contribution in [2.45, 2.75) is 18.9 Å². The minimum Gasteiger partial charge on any atom is -0.469 e. The fourth-order valence-electron chi connectivity index (χ4n) is 2.25. The molecule has 1 saturated heterocycles. The number of hydrogen-bond acceptors (Lipinski definition) is 3. The third-order valence-electron chi connectivity index (χ3n) is 3.21. The summed E-state index contributed by atoms with van der Waals surface area (Å²) in [5.74, 6) is -0.0662. The molecule has 0 amide bonds. The predicted octanol–water partition coefficient (Wildman–Crippen LogP) is 2.66. The third-order valence-corrected chi connectivity index (χ3v) is 3.74. The van der Waals surface area contributed by atoms with Gasteiger partial charge in [0.05, 0.1) is 13.0 Å². The van der Waals surface area contributed by atoms with Crippen molar-refractivity contribution in [1.82, 2.24) is 5.32 Å². The smallest absolute Gasteiger partial charge is 0.308 e. The molecule has 0 aromatic heterocycles. The Labute approximate surface area is 110 Å². The van der Waals surface area contributed by atoms with Crippen LogP contribution in [0.3, 0.4) is 0 Å². The van der Waals surface area contributed by atoms with E-state index in [0.717, 1.165) is 23.9 Å². The Hall–Kier alpha value is -0.870. The fourth-order valence-corrected chi connectivity index (χ4v) is 2.51. The molecule has 1 aliphatic heterocycles. The summed E-state index contributed by atoms with van der Waals surface area (Å²) in [7, 11) is 1.46. The fraction of sp³-hybridized carbons (Fsp3) is 0.462. The van der Waals surface area contributed by atoms with E-state index in [-0.39, 0.29) is 17.9 Å². The third kappa shape index (κ3) is 3.07. The number of benzene rings is 1. The summed E-state index contributed by atoms with van der Waals surface area (Å²) in [6.07, 6.45) is 1.67. The van der Waals surface area contributed by atoms with Crippen LogP contribution >= 0.6 is 15.9 Å². The van der Waals surface area contributed by atoms with Gasteiger partial charge in [-0.1, -0.05) is 28.1 Å². The zero-order valence-corrected chi connectivity index (χ0v) is 11.4. The van der Waals surface area contributed by atoms with E-state index >= 15 is 0 Å². The van der Waals surface area contributed by atoms with Gasteiger partial charge in [-0.25, -0.2) is 0 Å². The molecule has 0 bridgehead atoms. The van der Waals surface area contributed by atoms with Crippen LogP contribution in [0.1, 0.15) is 24.4 Å². The Morgan fingerprint density at radius 3 is 2.76 bits per heavy atom. The number of hydrogen-bond donors (Lipinski definition) is 1. The van der Waals surface area contributed by atoms with Crippen LogP contribution in [0.15, 0.2) is 28.7 Å². The van der Waals surface area contributed by atoms with Crippen molar-refractivity contribution in [3.8, 4) is 0 Å². The molecule has 3 nitrogen and oxygen atoms in total. The number of piperidine rings is 1. The topological polar surface area (TPSA) is 38.3 Å². The molecule has 2 atom stereocenters. The number of rotatable bonds is 2. The van der Waals surface area contributed by atoms with Crippen LogP contribution in [0.5, 0.6) is 0 Å². The van der Waals surface area contributed by atoms with Crippen LogP contribution < -0.4 is 5.32 Å². The van der Waals surface area contributed by atoms with E-state index in [0.29, 0.717) is 0 Å². The monoisotopic (exact) mass is 297 g/mol. The molecule has 1 aromatic rings. The van der Waals surface area contributed by atoms with Crippen molar-refractivity contribution < 1.29 is 9.53 Å². The predicted molar refractivity (Wildman–Crippen MR) is 69.6 cm³/mol. The van der Waals surface area contributed by atoms with Crippen LogP contribution in [-0.4, -0.2) is 19.6 Å². The molecule has 1 aromatic carbocycles. The Kier molecular flexibility index (Phi) is 4.18. The second kappa shape index (κ2) is 5.65. The van der Waals surface area contributed by atoms with E-state index in [1.54, 1.807) is 0 Å². The maximum atomic E-state index is 11.5. The zero-order chi connectivity index (χ0) is 12.3. The van der Waals surface area contributed by atoms with E-state index in [1.165, 1.54) is 12.7 Å². The maximum Gasteiger partial charge on any atom is 0.308 e. The molecule has 2 rings (SSSR count). The highest BCUT2D eigenvalue weighted by molar-refractivity contribution is 9.10. The highest BCUT2D eigenvalue weighted by Gasteiger charge is 2.28. The summed E-state index contributed by atoms with van der Waals surface area (Å²) in [6, 6.07) is 8.47. The summed E-state index contributed by atoms with van der Waals surface area (Å²) in [4.78, 5) is 11.5. The van der Waals surface area contributed by atoms with Gasteiger partial charge < -0.3 is 10.1 Å². The van der Waals surface area contributed by atoms with Gasteiger partial charge in [-0.3, -0.25) is 4.79 Å². The molecule has 0 saturated carbocycles. The lowest BCUT2D eigenvalue weighted by Gasteiger charge is -2.29. The summed E-state index contributed by atoms with van der Waals surface area (Å²) < 4.78 is 5.89. The first kappa shape index (κ1) is 12.6. The van der Waals surface area contributed by atoms with Crippen molar-refractivity contribution >= 4 is 21.9 Å². The van der Waals surface area contributed by atoms with Gasteiger partial charge in [0.1, 0.15) is 0 Å². The number of methoxy groups -OCH3 is 1. The Balaban J connectivity index is 2.06. The van der Waals surface area contributed by atoms with Gasteiger partial charge in [0.25, 0.3) is 0 Å². The van der Waals surface area contributed by atoms with E-state index < -0.39 is 0 Å². The molecule has 1 aliphatic rings. The summed E-state index contributed by atoms with van der Waals surface area (Å²) in [6.45, 7) is 0.862. The van der Waals surface area contributed by atoms with Gasteiger partial charge in [0.15, 0.2) is 0 Å². The number of carbonyl (C=O) groups excluding carboxylic acids is 1. The van der Waals surface area contributed by atoms with Gasteiger partial charge in [-0.2, -0.15) is 0 Å². The lowest BCUT2D eigenvalue weighted by atomic mass is 9.89. The molecular weight excluding hydrogens is 282 g/mol. The molecule has 92 valence electrons. The molecule has 0 aliphatic carbocycles. The number of esters is 1. The van der Waals surface area contributed by atoms with Crippen LogP contribution in [0.4, 0.5) is 0 Å². The number of halogens is 1. The maximum absolute atomic E-state index is 11.5. The van der Waals surface area contributed by atoms with E-state index in [2.05, 4.69) is 33.4 Å². The minimum atomic E-state index is -0.0892. The molecule has 1 heterocycles. The first-order valence-corrected chi connectivity index (χ1v) is 6.56. The van der Waals surface area contributed by atoms with Gasteiger partial charge in [-0.15, -0.1) is 0 Å². The summed E-state index contributed by atoms with van der Waals surface area (Å²) >= 11 is 3.42. The molecule has 1 N–H and O–H groups in total.